The fraction of sp³-hybridized carbons (Fsp3) is 0.750. The van der Waals surface area contributed by atoms with Crippen LogP contribution in [0.1, 0.15) is 20.3 Å². The van der Waals surface area contributed by atoms with Crippen molar-refractivity contribution in [2.45, 2.75) is 32.4 Å². The molecule has 6 N–H and O–H groups in total. The second kappa shape index (κ2) is 10.1. The monoisotopic (exact) mass is 402 g/mol. The normalized spacial score (nSPS) is 14.5. The molecule has 0 rings (SSSR count). The van der Waals surface area contributed by atoms with Crippen molar-refractivity contribution in [1.29, 1.82) is 0 Å². The Hall–Kier alpha value is -1.17. The van der Waals surface area contributed by atoms with Crippen LogP contribution in [-0.2, 0) is 23.5 Å². The minimum atomic E-state index is -4.74. The van der Waals surface area contributed by atoms with E-state index in [1.807, 2.05) is 0 Å². The number of rotatable bonds is 11. The van der Waals surface area contributed by atoms with E-state index in [0.717, 1.165) is 0 Å². The molecule has 146 valence electrons. The number of amides is 2. The van der Waals surface area contributed by atoms with Crippen molar-refractivity contribution >= 4 is 38.2 Å². The number of hydrogen-bond acceptors (Lipinski definition) is 7. The van der Waals surface area contributed by atoms with Gasteiger partial charge in [-0.3, -0.25) is 14.1 Å². The average molecular weight is 402 g/mol. The number of carboxylic acid groups (broad SMARTS) is 1. The van der Waals surface area contributed by atoms with Crippen LogP contribution < -0.4 is 10.6 Å². The van der Waals surface area contributed by atoms with Crippen molar-refractivity contribution in [2.75, 3.05) is 18.9 Å². The zero-order valence-electron chi connectivity index (χ0n) is 13.7. The van der Waals surface area contributed by atoms with Crippen molar-refractivity contribution < 1.29 is 43.5 Å². The van der Waals surface area contributed by atoms with Crippen molar-refractivity contribution in [1.82, 2.24) is 10.6 Å². The number of carbonyl (C=O) groups excluding carboxylic acids is 2. The third-order valence-corrected chi connectivity index (χ3v) is 3.89. The first-order valence-corrected chi connectivity index (χ1v) is 9.25. The standard InChI is InChI=1S/C12H23N2O9PS/c1-12(2,6-23-24(20,21)22)9(16)10(17)13-4-3-8(15)14-7(5-25)11(18)19/h7,9,16,25H,3-6H2,1-2H3,(H,13,17)(H,14,15)(H,18,19)(H2,20,21,22)/t7-,9?/m0/s1. The predicted octanol–water partition coefficient (Wildman–Crippen LogP) is -1.51. The minimum Gasteiger partial charge on any atom is -0.480 e. The summed E-state index contributed by atoms with van der Waals surface area (Å²) in [5.74, 6) is -2.83. The molecule has 0 aliphatic heterocycles. The summed E-state index contributed by atoms with van der Waals surface area (Å²) in [7, 11) is -4.74. The number of phosphoric ester groups is 1. The van der Waals surface area contributed by atoms with Crippen LogP contribution in [0.15, 0.2) is 0 Å². The van der Waals surface area contributed by atoms with Gasteiger partial charge >= 0.3 is 13.8 Å². The van der Waals surface area contributed by atoms with E-state index in [1.54, 1.807) is 0 Å². The lowest BCUT2D eigenvalue weighted by Crippen LogP contribution is -2.47. The lowest BCUT2D eigenvalue weighted by Gasteiger charge is -2.29. The highest BCUT2D eigenvalue weighted by Gasteiger charge is 2.35. The number of nitrogens with one attached hydrogen (secondary N) is 2. The summed E-state index contributed by atoms with van der Waals surface area (Å²) in [6.45, 7) is 1.98. The Labute approximate surface area is 149 Å². The van der Waals surface area contributed by atoms with Gasteiger partial charge < -0.3 is 30.6 Å². The summed E-state index contributed by atoms with van der Waals surface area (Å²) < 4.78 is 15.0. The number of aliphatic carboxylic acids is 1. The zero-order valence-corrected chi connectivity index (χ0v) is 15.5. The molecule has 0 fully saturated rings. The maximum atomic E-state index is 11.8. The van der Waals surface area contributed by atoms with Crippen molar-refractivity contribution in [3.05, 3.63) is 0 Å². The van der Waals surface area contributed by atoms with Crippen LogP contribution in [0.2, 0.25) is 0 Å². The van der Waals surface area contributed by atoms with Gasteiger partial charge in [0, 0.05) is 24.1 Å². The Balaban J connectivity index is 4.38. The molecule has 0 saturated carbocycles. The SMILES string of the molecule is CC(C)(COP(=O)(O)O)C(O)C(=O)NCCC(=O)N[C@@H](CS)C(=O)O. The fourth-order valence-corrected chi connectivity index (χ4v) is 2.28. The number of carboxylic acids is 1. The molecule has 0 spiro atoms. The van der Waals surface area contributed by atoms with E-state index in [1.165, 1.54) is 13.8 Å². The van der Waals surface area contributed by atoms with Gasteiger partial charge in [-0.2, -0.15) is 12.6 Å². The number of carbonyl (C=O) groups is 3. The molecule has 13 heteroatoms. The molecular formula is C12H23N2O9PS. The van der Waals surface area contributed by atoms with Gasteiger partial charge in [0.1, 0.15) is 12.1 Å². The van der Waals surface area contributed by atoms with Crippen LogP contribution in [0.5, 0.6) is 0 Å². The quantitative estimate of drug-likeness (QED) is 0.159. The first-order valence-electron chi connectivity index (χ1n) is 7.09. The van der Waals surface area contributed by atoms with Gasteiger partial charge in [0.2, 0.25) is 11.8 Å². The van der Waals surface area contributed by atoms with Crippen LogP contribution in [0.3, 0.4) is 0 Å². The van der Waals surface area contributed by atoms with E-state index in [4.69, 9.17) is 14.9 Å². The van der Waals surface area contributed by atoms with Crippen molar-refractivity contribution in [3.8, 4) is 0 Å². The highest BCUT2D eigenvalue weighted by atomic mass is 32.1. The van der Waals surface area contributed by atoms with Gasteiger partial charge in [-0.05, 0) is 0 Å². The van der Waals surface area contributed by atoms with Gasteiger partial charge in [-0.15, -0.1) is 0 Å². The van der Waals surface area contributed by atoms with Crippen LogP contribution in [0.4, 0.5) is 0 Å². The third kappa shape index (κ3) is 9.78. The molecule has 0 bridgehead atoms. The number of thiol groups is 1. The molecule has 0 aromatic carbocycles. The van der Waals surface area contributed by atoms with Crippen LogP contribution in [0.25, 0.3) is 0 Å². The molecule has 0 radical (unpaired) electrons. The number of phosphoric acid groups is 1. The second-order valence-electron chi connectivity index (χ2n) is 5.84. The number of aliphatic hydroxyl groups is 1. The Morgan fingerprint density at radius 3 is 2.28 bits per heavy atom. The minimum absolute atomic E-state index is 0.0973. The lowest BCUT2D eigenvalue weighted by molar-refractivity contribution is -0.141. The van der Waals surface area contributed by atoms with Gasteiger partial charge in [0.05, 0.1) is 6.61 Å². The predicted molar refractivity (Wildman–Crippen MR) is 88.8 cm³/mol. The third-order valence-electron chi connectivity index (χ3n) is 3.06. The topological polar surface area (TPSA) is 182 Å². The molecule has 0 heterocycles. The Kier molecular flexibility index (Phi) is 9.62. The van der Waals surface area contributed by atoms with Crippen molar-refractivity contribution in [3.63, 3.8) is 0 Å². The second-order valence-corrected chi connectivity index (χ2v) is 7.44. The molecule has 0 aliphatic rings. The summed E-state index contributed by atoms with van der Waals surface area (Å²) in [5, 5.41) is 23.2. The van der Waals surface area contributed by atoms with Crippen LogP contribution in [0, 0.1) is 5.41 Å². The summed E-state index contributed by atoms with van der Waals surface area (Å²) in [4.78, 5) is 51.4. The molecule has 2 atom stereocenters. The fourth-order valence-electron chi connectivity index (χ4n) is 1.53. The van der Waals surface area contributed by atoms with Crippen molar-refractivity contribution in [2.24, 2.45) is 5.41 Å². The summed E-state index contributed by atoms with van der Waals surface area (Å²) in [6.07, 6.45) is -1.87. The highest BCUT2D eigenvalue weighted by Crippen LogP contribution is 2.38. The van der Waals surface area contributed by atoms with Gasteiger partial charge in [-0.1, -0.05) is 13.8 Å². The first kappa shape index (κ1) is 23.8. The molecule has 0 aliphatic carbocycles. The Morgan fingerprint density at radius 2 is 1.84 bits per heavy atom. The Morgan fingerprint density at radius 1 is 1.28 bits per heavy atom. The molecule has 0 aromatic rings. The summed E-state index contributed by atoms with van der Waals surface area (Å²) >= 11 is 3.79. The summed E-state index contributed by atoms with van der Waals surface area (Å²) in [6, 6.07) is -1.15. The molecule has 2 amide bonds. The van der Waals surface area contributed by atoms with E-state index >= 15 is 0 Å². The van der Waals surface area contributed by atoms with Gasteiger partial charge in [0.25, 0.3) is 0 Å². The smallest absolute Gasteiger partial charge is 0.469 e. The zero-order chi connectivity index (χ0) is 19.8. The molecule has 0 aromatic heterocycles. The highest BCUT2D eigenvalue weighted by molar-refractivity contribution is 7.80. The molecule has 11 nitrogen and oxygen atoms in total. The largest absolute Gasteiger partial charge is 0.480 e. The van der Waals surface area contributed by atoms with E-state index in [9.17, 15) is 24.1 Å². The first-order chi connectivity index (χ1) is 11.3. The van der Waals surface area contributed by atoms with Crippen LogP contribution in [-0.4, -0.2) is 68.8 Å². The van der Waals surface area contributed by atoms with Gasteiger partial charge in [-0.25, -0.2) is 9.36 Å². The van der Waals surface area contributed by atoms with E-state index < -0.39 is 49.8 Å². The molecule has 1 unspecified atom stereocenters. The lowest BCUT2D eigenvalue weighted by atomic mass is 9.87. The number of aliphatic hydroxyl groups excluding tert-OH is 1. The number of hydrogen-bond donors (Lipinski definition) is 7. The van der Waals surface area contributed by atoms with E-state index in [0.29, 0.717) is 0 Å². The van der Waals surface area contributed by atoms with E-state index in [2.05, 4.69) is 27.8 Å². The molecular weight excluding hydrogens is 379 g/mol. The van der Waals surface area contributed by atoms with Gasteiger partial charge in [0.15, 0.2) is 0 Å². The Bertz CT molecular complexity index is 537. The maximum Gasteiger partial charge on any atom is 0.469 e. The molecule has 0 saturated heterocycles. The molecule has 25 heavy (non-hydrogen) atoms. The van der Waals surface area contributed by atoms with Crippen LogP contribution >= 0.6 is 20.5 Å². The average Bonchev–Trinajstić information content (AvgIpc) is 2.48. The maximum absolute atomic E-state index is 11.8. The summed E-state index contributed by atoms with van der Waals surface area (Å²) in [5.41, 5.74) is -1.30. The van der Waals surface area contributed by atoms with E-state index in [-0.39, 0.29) is 18.7 Å².